The van der Waals surface area contributed by atoms with Gasteiger partial charge in [-0.3, -0.25) is 4.79 Å². The lowest BCUT2D eigenvalue weighted by Crippen LogP contribution is -2.34. The van der Waals surface area contributed by atoms with Gasteiger partial charge in [0.25, 0.3) is 5.56 Å². The molecule has 1 aliphatic rings. The molecule has 0 saturated heterocycles. The van der Waals surface area contributed by atoms with Crippen LogP contribution in [0.2, 0.25) is 0 Å². The lowest BCUT2D eigenvalue weighted by Gasteiger charge is -2.18. The molecule has 1 amide bonds. The number of halogens is 3. The van der Waals surface area contributed by atoms with Crippen molar-refractivity contribution in [2.45, 2.75) is 18.2 Å². The topological polar surface area (TPSA) is 79.2 Å². The number of carboxylic acid groups (broad SMARTS) is 1. The molecule has 1 aromatic carbocycles. The van der Waals surface area contributed by atoms with Crippen molar-refractivity contribution in [2.24, 2.45) is 5.10 Å². The summed E-state index contributed by atoms with van der Waals surface area (Å²) in [6.45, 7) is 0. The van der Waals surface area contributed by atoms with Crippen LogP contribution in [0.15, 0.2) is 29.4 Å². The Morgan fingerprint density at radius 2 is 1.96 bits per heavy atom. The van der Waals surface area contributed by atoms with Gasteiger partial charge in [-0.15, -0.1) is 0 Å². The van der Waals surface area contributed by atoms with E-state index in [1.54, 1.807) is 0 Å². The van der Waals surface area contributed by atoms with Gasteiger partial charge in [-0.2, -0.15) is 35.9 Å². The van der Waals surface area contributed by atoms with Crippen LogP contribution in [0.5, 0.6) is 0 Å². The van der Waals surface area contributed by atoms with Crippen molar-refractivity contribution < 1.29 is 32.6 Å². The summed E-state index contributed by atoms with van der Waals surface area (Å²) in [5.41, 5.74) is -1.74. The monoisotopic (exact) mass is 380 g/mol. The summed E-state index contributed by atoms with van der Waals surface area (Å²) in [4.78, 5) is 22.6. The molecule has 0 aromatic heterocycles. The first kappa shape index (κ1) is 18.5. The van der Waals surface area contributed by atoms with Crippen LogP contribution in [0.1, 0.15) is 17.5 Å². The minimum atomic E-state index is -4.47. The van der Waals surface area contributed by atoms with E-state index < -0.39 is 29.4 Å². The number of thioether (sulfide) groups is 1. The highest BCUT2D eigenvalue weighted by atomic mass is 32.2. The maximum atomic E-state index is 12.6. The fraction of sp³-hybridized carbons (Fsp3) is 0.308. The molecule has 0 bridgehead atoms. The predicted octanol–water partition coefficient (Wildman–Crippen LogP) is 3.24. The molecule has 11 heteroatoms. The average molecular weight is 380 g/mol. The molecule has 0 radical (unpaired) electrons. The largest absolute Gasteiger partial charge is 0.508 e. The second-order valence-corrected chi connectivity index (χ2v) is 5.97. The van der Waals surface area contributed by atoms with E-state index in [1.165, 1.54) is 12.1 Å². The van der Waals surface area contributed by atoms with Gasteiger partial charge in [0.05, 0.1) is 5.56 Å². The van der Waals surface area contributed by atoms with Crippen LogP contribution in [-0.4, -0.2) is 38.5 Å². The average Bonchev–Trinajstić information content (AvgIpc) is 2.90. The number of benzene rings is 1. The molecule has 1 unspecified atom stereocenters. The Morgan fingerprint density at radius 3 is 2.46 bits per heavy atom. The Kier molecular flexibility index (Phi) is 5.65. The number of carbonyl (C=O) groups excluding carboxylic acids is 1. The summed E-state index contributed by atoms with van der Waals surface area (Å²) in [5.74, 6) is -0.282. The number of hydrogen-bond acceptors (Lipinski definition) is 6. The van der Waals surface area contributed by atoms with Crippen LogP contribution in [0.3, 0.4) is 0 Å². The van der Waals surface area contributed by atoms with E-state index in [1.807, 2.05) is 0 Å². The van der Waals surface area contributed by atoms with Crippen LogP contribution in [0.4, 0.5) is 18.0 Å². The molecule has 0 saturated carbocycles. The van der Waals surface area contributed by atoms with E-state index in [-0.39, 0.29) is 17.2 Å². The molecule has 0 aliphatic carbocycles. The third kappa shape index (κ3) is 4.35. The number of thiol groups is 1. The molecule has 2 rings (SSSR count). The summed E-state index contributed by atoms with van der Waals surface area (Å²) in [5, 5.41) is 13.7. The smallest absolute Gasteiger partial charge is 0.450 e. The number of carbonyl (C=O) groups is 2. The lowest BCUT2D eigenvalue weighted by atomic mass is 10.1. The molecule has 1 aliphatic heterocycles. The number of amides is 1. The van der Waals surface area contributed by atoms with E-state index >= 15 is 0 Å². The number of hydrogen-bond donors (Lipinski definition) is 2. The van der Waals surface area contributed by atoms with Gasteiger partial charge in [0.1, 0.15) is 5.04 Å². The minimum Gasteiger partial charge on any atom is -0.450 e. The number of hydrazone groups is 1. The van der Waals surface area contributed by atoms with Gasteiger partial charge in [-0.25, -0.2) is 4.79 Å². The normalized spacial score (nSPS) is 17.6. The summed E-state index contributed by atoms with van der Waals surface area (Å²) in [6, 6.07) is 4.14. The van der Waals surface area contributed by atoms with Gasteiger partial charge in [-0.1, -0.05) is 12.1 Å². The molecule has 130 valence electrons. The molecule has 24 heavy (non-hydrogen) atoms. The Bertz CT molecular complexity index is 664. The van der Waals surface area contributed by atoms with Crippen molar-refractivity contribution >= 4 is 41.5 Å². The van der Waals surface area contributed by atoms with Crippen LogP contribution < -0.4 is 0 Å². The molecule has 0 spiro atoms. The molecule has 1 N–H and O–H groups in total. The summed E-state index contributed by atoms with van der Waals surface area (Å²) < 4.78 is 42.3. The van der Waals surface area contributed by atoms with Crippen LogP contribution in [-0.2, 0) is 15.7 Å². The van der Waals surface area contributed by atoms with Gasteiger partial charge >= 0.3 is 12.3 Å². The summed E-state index contributed by atoms with van der Waals surface area (Å²) in [6.07, 6.45) is -6.06. The van der Waals surface area contributed by atoms with Crippen molar-refractivity contribution in [3.05, 3.63) is 35.4 Å². The SMILES string of the molecule is O=C(O)OC1SC(c2ccc(C(F)(F)F)cc2)=NN1C(=O)CCS. The van der Waals surface area contributed by atoms with Gasteiger partial charge in [0.2, 0.25) is 5.91 Å². The molecular formula is C13H11F3N2O4S2. The van der Waals surface area contributed by atoms with Gasteiger partial charge < -0.3 is 9.84 Å². The van der Waals surface area contributed by atoms with Crippen LogP contribution >= 0.6 is 24.4 Å². The number of rotatable bonds is 4. The molecular weight excluding hydrogens is 369 g/mol. The zero-order valence-corrected chi connectivity index (χ0v) is 13.6. The van der Waals surface area contributed by atoms with Gasteiger partial charge in [0.15, 0.2) is 0 Å². The molecule has 0 fully saturated rings. The molecule has 1 heterocycles. The Morgan fingerprint density at radius 1 is 1.33 bits per heavy atom. The van der Waals surface area contributed by atoms with E-state index in [9.17, 15) is 22.8 Å². The maximum absolute atomic E-state index is 12.6. The third-order valence-electron chi connectivity index (χ3n) is 2.85. The standard InChI is InChI=1S/C13H11F3N2O4S2/c14-13(15,16)8-3-1-7(2-4-8)10-17-18(9(19)5-6-23)11(24-10)22-12(20)21/h1-4,11,23H,5-6H2,(H,20,21). The second kappa shape index (κ2) is 7.34. The van der Waals surface area contributed by atoms with Crippen molar-refractivity contribution in [3.63, 3.8) is 0 Å². The van der Waals surface area contributed by atoms with E-state index in [0.29, 0.717) is 5.56 Å². The number of alkyl halides is 3. The van der Waals surface area contributed by atoms with Crippen molar-refractivity contribution in [3.8, 4) is 0 Å². The van der Waals surface area contributed by atoms with Crippen LogP contribution in [0, 0.1) is 0 Å². The predicted molar refractivity (Wildman–Crippen MR) is 83.8 cm³/mol. The molecule has 1 atom stereocenters. The van der Waals surface area contributed by atoms with Gasteiger partial charge in [0, 0.05) is 12.0 Å². The minimum absolute atomic E-state index is 0.00689. The summed E-state index contributed by atoms with van der Waals surface area (Å²) >= 11 is 4.73. The van der Waals surface area contributed by atoms with Crippen LogP contribution in [0.25, 0.3) is 0 Å². The molecule has 1 aromatic rings. The van der Waals surface area contributed by atoms with E-state index in [4.69, 9.17) is 5.11 Å². The zero-order valence-electron chi connectivity index (χ0n) is 11.9. The van der Waals surface area contributed by atoms with E-state index in [0.717, 1.165) is 28.9 Å². The highest BCUT2D eigenvalue weighted by Gasteiger charge is 2.36. The van der Waals surface area contributed by atoms with Crippen molar-refractivity contribution in [1.82, 2.24) is 5.01 Å². The summed E-state index contributed by atoms with van der Waals surface area (Å²) in [7, 11) is 0. The Labute approximate surface area is 144 Å². The number of ether oxygens (including phenoxy) is 1. The fourth-order valence-corrected chi connectivity index (χ4v) is 2.97. The lowest BCUT2D eigenvalue weighted by molar-refractivity contribution is -0.138. The van der Waals surface area contributed by atoms with E-state index in [2.05, 4.69) is 22.5 Å². The quantitative estimate of drug-likeness (QED) is 0.619. The zero-order chi connectivity index (χ0) is 17.9. The first-order chi connectivity index (χ1) is 11.2. The number of nitrogens with zero attached hydrogens (tertiary/aromatic N) is 2. The Balaban J connectivity index is 2.24. The molecule has 6 nitrogen and oxygen atoms in total. The second-order valence-electron chi connectivity index (χ2n) is 4.50. The van der Waals surface area contributed by atoms with Crippen molar-refractivity contribution in [2.75, 3.05) is 5.75 Å². The highest BCUT2D eigenvalue weighted by Crippen LogP contribution is 2.33. The van der Waals surface area contributed by atoms with Gasteiger partial charge in [-0.05, 0) is 29.6 Å². The highest BCUT2D eigenvalue weighted by molar-refractivity contribution is 8.15. The maximum Gasteiger partial charge on any atom is 0.508 e. The first-order valence-corrected chi connectivity index (χ1v) is 7.99. The fourth-order valence-electron chi connectivity index (χ4n) is 1.79. The first-order valence-electron chi connectivity index (χ1n) is 6.48. The third-order valence-corrected chi connectivity index (χ3v) is 4.11. The Hall–Kier alpha value is -1.88. The van der Waals surface area contributed by atoms with Crippen molar-refractivity contribution in [1.29, 1.82) is 0 Å².